The summed E-state index contributed by atoms with van der Waals surface area (Å²) in [6, 6.07) is 7.12. The van der Waals surface area contributed by atoms with E-state index in [1.165, 1.54) is 4.90 Å². The van der Waals surface area contributed by atoms with Crippen LogP contribution in [-0.4, -0.2) is 25.0 Å². The highest BCUT2D eigenvalue weighted by Crippen LogP contribution is 2.28. The molecule has 0 unspecified atom stereocenters. The van der Waals surface area contributed by atoms with Crippen LogP contribution in [0.25, 0.3) is 10.9 Å². The average Bonchev–Trinajstić information content (AvgIpc) is 2.27. The second-order valence-corrected chi connectivity index (χ2v) is 4.33. The van der Waals surface area contributed by atoms with E-state index < -0.39 is 6.43 Å². The van der Waals surface area contributed by atoms with Crippen molar-refractivity contribution in [2.45, 2.75) is 13.3 Å². The number of halogens is 2. The lowest BCUT2D eigenvalue weighted by Crippen LogP contribution is -2.24. The second kappa shape index (κ2) is 4.76. The Morgan fingerprint density at radius 3 is 2.72 bits per heavy atom. The lowest BCUT2D eigenvalue weighted by atomic mass is 10.1. The highest BCUT2D eigenvalue weighted by atomic mass is 19.3. The maximum Gasteiger partial charge on any atom is 0.255 e. The van der Waals surface area contributed by atoms with Crippen LogP contribution in [0.4, 0.5) is 20.2 Å². The van der Waals surface area contributed by atoms with Crippen LogP contribution in [0.2, 0.25) is 0 Å². The van der Waals surface area contributed by atoms with Gasteiger partial charge in [0.2, 0.25) is 0 Å². The lowest BCUT2D eigenvalue weighted by Gasteiger charge is -2.21. The molecule has 0 atom stereocenters. The Kier molecular flexibility index (Phi) is 3.32. The van der Waals surface area contributed by atoms with Crippen LogP contribution in [0.1, 0.15) is 5.69 Å². The van der Waals surface area contributed by atoms with Gasteiger partial charge in [0.05, 0.1) is 12.1 Å². The van der Waals surface area contributed by atoms with Gasteiger partial charge >= 0.3 is 0 Å². The average molecular weight is 251 g/mol. The fraction of sp³-hybridized carbons (Fsp3) is 0.308. The minimum Gasteiger partial charge on any atom is -0.399 e. The molecule has 1 aromatic carbocycles. The molecule has 1 heterocycles. The van der Waals surface area contributed by atoms with Gasteiger partial charge in [-0.15, -0.1) is 0 Å². The molecule has 2 N–H and O–H groups in total. The van der Waals surface area contributed by atoms with Gasteiger partial charge in [0.25, 0.3) is 6.43 Å². The van der Waals surface area contributed by atoms with Crippen molar-refractivity contribution in [3.63, 3.8) is 0 Å². The van der Waals surface area contributed by atoms with E-state index in [0.29, 0.717) is 5.69 Å². The largest absolute Gasteiger partial charge is 0.399 e. The molecule has 1 aromatic heterocycles. The molecule has 5 heteroatoms. The highest BCUT2D eigenvalue weighted by Gasteiger charge is 2.12. The second-order valence-electron chi connectivity index (χ2n) is 4.33. The highest BCUT2D eigenvalue weighted by molar-refractivity contribution is 5.93. The van der Waals surface area contributed by atoms with Crippen LogP contribution < -0.4 is 10.6 Å². The number of nitrogens with zero attached hydrogens (tertiary/aromatic N) is 2. The van der Waals surface area contributed by atoms with Crippen LogP contribution in [0.15, 0.2) is 24.3 Å². The molecular weight excluding hydrogens is 236 g/mol. The molecule has 0 saturated heterocycles. The minimum atomic E-state index is -2.38. The third-order valence-corrected chi connectivity index (χ3v) is 2.76. The molecule has 0 aliphatic heterocycles. The number of pyridine rings is 1. The number of fused-ring (bicyclic) bond motifs is 1. The molecule has 0 fully saturated rings. The van der Waals surface area contributed by atoms with Gasteiger partial charge in [0, 0.05) is 29.5 Å². The van der Waals surface area contributed by atoms with Gasteiger partial charge in [-0.3, -0.25) is 4.98 Å². The summed E-state index contributed by atoms with van der Waals surface area (Å²) >= 11 is 0. The number of alkyl halides is 2. The van der Waals surface area contributed by atoms with Crippen LogP contribution in [-0.2, 0) is 0 Å². The molecule has 0 bridgehead atoms. The Hall–Kier alpha value is -1.91. The SMILES string of the molecule is Cc1cc(N(C)CC(F)F)c2cc(N)ccc2n1. The standard InChI is InChI=1S/C13H15F2N3/c1-8-5-12(18(2)7-13(14)15)10-6-9(16)3-4-11(10)17-8/h3-6,13H,7,16H2,1-2H3. The van der Waals surface area contributed by atoms with E-state index in [2.05, 4.69) is 4.98 Å². The molecule has 18 heavy (non-hydrogen) atoms. The predicted octanol–water partition coefficient (Wildman–Crippen LogP) is 2.83. The zero-order chi connectivity index (χ0) is 13.3. The topological polar surface area (TPSA) is 42.1 Å². The smallest absolute Gasteiger partial charge is 0.255 e. The first-order chi connectivity index (χ1) is 8.47. The van der Waals surface area contributed by atoms with Gasteiger partial charge in [-0.25, -0.2) is 8.78 Å². The van der Waals surface area contributed by atoms with Gasteiger partial charge in [-0.05, 0) is 31.2 Å². The summed E-state index contributed by atoms with van der Waals surface area (Å²) < 4.78 is 24.9. The molecule has 0 radical (unpaired) electrons. The predicted molar refractivity (Wildman–Crippen MR) is 70.2 cm³/mol. The van der Waals surface area contributed by atoms with Crippen LogP contribution in [0, 0.1) is 6.92 Å². The molecule has 0 saturated carbocycles. The van der Waals surface area contributed by atoms with E-state index in [0.717, 1.165) is 22.3 Å². The van der Waals surface area contributed by atoms with Gasteiger partial charge < -0.3 is 10.6 Å². The molecule has 0 spiro atoms. The van der Waals surface area contributed by atoms with Crippen molar-refractivity contribution in [1.29, 1.82) is 0 Å². The maximum atomic E-state index is 12.5. The Bertz CT molecular complexity index is 569. The van der Waals surface area contributed by atoms with Crippen LogP contribution in [0.5, 0.6) is 0 Å². The maximum absolute atomic E-state index is 12.5. The molecule has 3 nitrogen and oxygen atoms in total. The zero-order valence-electron chi connectivity index (χ0n) is 10.3. The summed E-state index contributed by atoms with van der Waals surface area (Å²) in [5, 5.41) is 0.795. The number of hydrogen-bond donors (Lipinski definition) is 1. The van der Waals surface area contributed by atoms with Gasteiger partial charge in [-0.1, -0.05) is 0 Å². The summed E-state index contributed by atoms with van der Waals surface area (Å²) in [7, 11) is 1.64. The molecule has 96 valence electrons. The number of nitrogens with two attached hydrogens (primary N) is 1. The quantitative estimate of drug-likeness (QED) is 0.853. The molecule has 2 rings (SSSR count). The summed E-state index contributed by atoms with van der Waals surface area (Å²) in [5.74, 6) is 0. The molecule has 0 aliphatic carbocycles. The lowest BCUT2D eigenvalue weighted by molar-refractivity contribution is 0.156. The molecular formula is C13H15F2N3. The molecule has 0 amide bonds. The van der Waals surface area contributed by atoms with E-state index in [1.807, 2.05) is 6.92 Å². The normalized spacial score (nSPS) is 11.2. The first-order valence-electron chi connectivity index (χ1n) is 5.63. The van der Waals surface area contributed by atoms with Crippen LogP contribution in [0.3, 0.4) is 0 Å². The van der Waals surface area contributed by atoms with Crippen molar-refractivity contribution in [3.05, 3.63) is 30.0 Å². The third kappa shape index (κ3) is 2.50. The van der Waals surface area contributed by atoms with E-state index in [4.69, 9.17) is 5.73 Å². The fourth-order valence-corrected chi connectivity index (χ4v) is 1.98. The van der Waals surface area contributed by atoms with Gasteiger partial charge in [0.15, 0.2) is 0 Å². The van der Waals surface area contributed by atoms with Crippen molar-refractivity contribution in [3.8, 4) is 0 Å². The first kappa shape index (κ1) is 12.5. The summed E-state index contributed by atoms with van der Waals surface area (Å²) in [6.45, 7) is 1.53. The Morgan fingerprint density at radius 2 is 2.06 bits per heavy atom. The van der Waals surface area contributed by atoms with E-state index in [9.17, 15) is 8.78 Å². The number of aryl methyl sites for hydroxylation is 1. The van der Waals surface area contributed by atoms with E-state index in [1.54, 1.807) is 31.3 Å². The fourth-order valence-electron chi connectivity index (χ4n) is 1.98. The molecule has 2 aromatic rings. The number of nitrogen functional groups attached to an aromatic ring is 1. The number of rotatable bonds is 3. The summed E-state index contributed by atoms with van der Waals surface area (Å²) in [5.41, 5.74) is 8.62. The van der Waals surface area contributed by atoms with E-state index in [-0.39, 0.29) is 6.54 Å². The number of hydrogen-bond acceptors (Lipinski definition) is 3. The van der Waals surface area contributed by atoms with Crippen LogP contribution >= 0.6 is 0 Å². The van der Waals surface area contributed by atoms with Crippen molar-refractivity contribution < 1.29 is 8.78 Å². The van der Waals surface area contributed by atoms with Gasteiger partial charge in [-0.2, -0.15) is 0 Å². The molecule has 0 aliphatic rings. The van der Waals surface area contributed by atoms with Gasteiger partial charge in [0.1, 0.15) is 0 Å². The minimum absolute atomic E-state index is 0.312. The number of anilines is 2. The summed E-state index contributed by atoms with van der Waals surface area (Å²) in [6.07, 6.45) is -2.38. The Labute approximate surface area is 104 Å². The Morgan fingerprint density at radius 1 is 1.33 bits per heavy atom. The summed E-state index contributed by atoms with van der Waals surface area (Å²) in [4.78, 5) is 5.90. The van der Waals surface area contributed by atoms with Crippen molar-refractivity contribution in [2.75, 3.05) is 24.2 Å². The number of benzene rings is 1. The van der Waals surface area contributed by atoms with E-state index >= 15 is 0 Å². The van der Waals surface area contributed by atoms with Crippen molar-refractivity contribution >= 4 is 22.3 Å². The first-order valence-corrected chi connectivity index (χ1v) is 5.63. The third-order valence-electron chi connectivity index (χ3n) is 2.76. The number of aromatic nitrogens is 1. The Balaban J connectivity index is 2.57. The van der Waals surface area contributed by atoms with Crippen molar-refractivity contribution in [1.82, 2.24) is 4.98 Å². The van der Waals surface area contributed by atoms with Crippen molar-refractivity contribution in [2.24, 2.45) is 0 Å². The monoisotopic (exact) mass is 251 g/mol. The zero-order valence-corrected chi connectivity index (χ0v) is 10.3.